The van der Waals surface area contributed by atoms with Crippen LogP contribution in [0.4, 0.5) is 0 Å². The molecule has 0 aliphatic carbocycles. The van der Waals surface area contributed by atoms with E-state index < -0.39 is 0 Å². The van der Waals surface area contributed by atoms with Gasteiger partial charge in [0.1, 0.15) is 6.61 Å². The van der Waals surface area contributed by atoms with E-state index in [0.717, 1.165) is 10.2 Å². The first-order valence-corrected chi connectivity index (χ1v) is 7.88. The second-order valence-corrected chi connectivity index (χ2v) is 6.10. The van der Waals surface area contributed by atoms with Crippen LogP contribution in [0, 0.1) is 0 Å². The van der Waals surface area contributed by atoms with Crippen molar-refractivity contribution < 1.29 is 14.3 Å². The topological polar surface area (TPSA) is 47.6 Å². The molecule has 2 aromatic rings. The molecule has 2 aromatic carbocycles. The quantitative estimate of drug-likeness (QED) is 0.911. The van der Waals surface area contributed by atoms with E-state index in [1.54, 1.807) is 12.1 Å². The van der Waals surface area contributed by atoms with Gasteiger partial charge in [0.05, 0.1) is 6.04 Å². The van der Waals surface area contributed by atoms with Crippen LogP contribution in [0.1, 0.15) is 17.3 Å². The normalized spacial score (nSPS) is 17.6. The molecule has 114 valence electrons. The number of para-hydroxylation sites is 2. The van der Waals surface area contributed by atoms with Gasteiger partial charge in [-0.15, -0.1) is 0 Å². The van der Waals surface area contributed by atoms with Crippen LogP contribution >= 0.6 is 15.9 Å². The molecule has 3 rings (SSSR count). The van der Waals surface area contributed by atoms with E-state index in [-0.39, 0.29) is 18.1 Å². The third kappa shape index (κ3) is 3.25. The summed E-state index contributed by atoms with van der Waals surface area (Å²) in [4.78, 5) is 12.3. The molecule has 1 aliphatic rings. The highest BCUT2D eigenvalue weighted by Crippen LogP contribution is 2.31. The van der Waals surface area contributed by atoms with Crippen molar-refractivity contribution in [2.75, 3.05) is 6.61 Å². The molecule has 0 aromatic heterocycles. The van der Waals surface area contributed by atoms with Gasteiger partial charge in [0, 0.05) is 10.0 Å². The molecule has 1 heterocycles. The number of rotatable bonds is 3. The average molecular weight is 362 g/mol. The van der Waals surface area contributed by atoms with Gasteiger partial charge in [-0.05, 0) is 37.3 Å². The monoisotopic (exact) mass is 361 g/mol. The number of amides is 1. The van der Waals surface area contributed by atoms with Crippen molar-refractivity contribution in [3.8, 4) is 11.5 Å². The molecule has 0 radical (unpaired) electrons. The number of nitrogens with one attached hydrogen (secondary N) is 1. The molecule has 4 nitrogen and oxygen atoms in total. The fourth-order valence-corrected chi connectivity index (χ4v) is 2.69. The molecule has 5 heteroatoms. The SMILES string of the molecule is C[C@@H](NC(=O)c1cccc(Br)c1)[C@H]1COc2ccccc2O1. The molecular formula is C17H16BrNO3. The number of ether oxygens (including phenoxy) is 2. The average Bonchev–Trinajstić information content (AvgIpc) is 2.54. The van der Waals surface area contributed by atoms with Gasteiger partial charge in [0.2, 0.25) is 0 Å². The van der Waals surface area contributed by atoms with Crippen LogP contribution < -0.4 is 14.8 Å². The van der Waals surface area contributed by atoms with Crippen LogP contribution in [0.3, 0.4) is 0 Å². The summed E-state index contributed by atoms with van der Waals surface area (Å²) < 4.78 is 12.5. The maximum absolute atomic E-state index is 12.3. The third-order valence-corrected chi connectivity index (χ3v) is 4.03. The lowest BCUT2D eigenvalue weighted by Crippen LogP contribution is -2.48. The zero-order valence-electron chi connectivity index (χ0n) is 12.1. The lowest BCUT2D eigenvalue weighted by Gasteiger charge is -2.30. The summed E-state index contributed by atoms with van der Waals surface area (Å²) in [5.74, 6) is 1.32. The Hall–Kier alpha value is -2.01. The lowest BCUT2D eigenvalue weighted by atomic mass is 10.1. The smallest absolute Gasteiger partial charge is 0.251 e. The number of carbonyl (C=O) groups is 1. The second-order valence-electron chi connectivity index (χ2n) is 5.19. The van der Waals surface area contributed by atoms with Crippen molar-refractivity contribution in [1.82, 2.24) is 5.32 Å². The van der Waals surface area contributed by atoms with E-state index >= 15 is 0 Å². The number of benzene rings is 2. The maximum Gasteiger partial charge on any atom is 0.251 e. The molecular weight excluding hydrogens is 346 g/mol. The predicted octanol–water partition coefficient (Wildman–Crippen LogP) is 3.41. The molecule has 1 aliphatic heterocycles. The largest absolute Gasteiger partial charge is 0.486 e. The van der Waals surface area contributed by atoms with E-state index in [4.69, 9.17) is 9.47 Å². The first-order chi connectivity index (χ1) is 10.6. The van der Waals surface area contributed by atoms with Gasteiger partial charge < -0.3 is 14.8 Å². The van der Waals surface area contributed by atoms with Crippen LogP contribution in [0.25, 0.3) is 0 Å². The van der Waals surface area contributed by atoms with E-state index in [1.807, 2.05) is 43.3 Å². The maximum atomic E-state index is 12.3. The molecule has 0 bridgehead atoms. The van der Waals surface area contributed by atoms with E-state index in [0.29, 0.717) is 17.9 Å². The summed E-state index contributed by atoms with van der Waals surface area (Å²) in [5.41, 5.74) is 0.610. The predicted molar refractivity (Wildman–Crippen MR) is 87.4 cm³/mol. The van der Waals surface area contributed by atoms with Gasteiger partial charge in [-0.3, -0.25) is 4.79 Å². The van der Waals surface area contributed by atoms with Crippen LogP contribution in [-0.2, 0) is 0 Å². The summed E-state index contributed by atoms with van der Waals surface area (Å²) >= 11 is 3.37. The number of halogens is 1. The van der Waals surface area contributed by atoms with Crippen LogP contribution in [-0.4, -0.2) is 24.7 Å². The highest BCUT2D eigenvalue weighted by atomic mass is 79.9. The van der Waals surface area contributed by atoms with Crippen molar-refractivity contribution >= 4 is 21.8 Å². The summed E-state index contributed by atoms with van der Waals surface area (Å²) in [7, 11) is 0. The number of hydrogen-bond donors (Lipinski definition) is 1. The molecule has 0 fully saturated rings. The molecule has 0 saturated carbocycles. The molecule has 0 saturated heterocycles. The summed E-state index contributed by atoms with van der Waals surface area (Å²) in [6, 6.07) is 14.7. The minimum Gasteiger partial charge on any atom is -0.486 e. The minimum atomic E-state index is -0.217. The Kier molecular flexibility index (Phi) is 4.34. The summed E-state index contributed by atoms with van der Waals surface area (Å²) in [6.45, 7) is 2.33. The Morgan fingerprint density at radius 2 is 2.00 bits per heavy atom. The first kappa shape index (κ1) is 14.9. The van der Waals surface area contributed by atoms with Crippen LogP contribution in [0.2, 0.25) is 0 Å². The highest BCUT2D eigenvalue weighted by molar-refractivity contribution is 9.10. The first-order valence-electron chi connectivity index (χ1n) is 7.08. The van der Waals surface area contributed by atoms with Crippen molar-refractivity contribution in [2.45, 2.75) is 19.1 Å². The third-order valence-electron chi connectivity index (χ3n) is 3.53. The summed E-state index contributed by atoms with van der Waals surface area (Å²) in [5, 5.41) is 2.96. The van der Waals surface area contributed by atoms with E-state index in [2.05, 4.69) is 21.2 Å². The molecule has 0 spiro atoms. The molecule has 1 N–H and O–H groups in total. The van der Waals surface area contributed by atoms with Gasteiger partial charge in [-0.2, -0.15) is 0 Å². The van der Waals surface area contributed by atoms with Gasteiger partial charge in [0.15, 0.2) is 17.6 Å². The molecule has 2 atom stereocenters. The van der Waals surface area contributed by atoms with E-state index in [1.165, 1.54) is 0 Å². The number of carbonyl (C=O) groups excluding carboxylic acids is 1. The molecule has 1 amide bonds. The number of fused-ring (bicyclic) bond motifs is 1. The fraction of sp³-hybridized carbons (Fsp3) is 0.235. The van der Waals surface area contributed by atoms with Crippen molar-refractivity contribution in [3.63, 3.8) is 0 Å². The number of hydrogen-bond acceptors (Lipinski definition) is 3. The Labute approximate surface area is 137 Å². The molecule has 22 heavy (non-hydrogen) atoms. The standard InChI is InChI=1S/C17H16BrNO3/c1-11(19-17(20)12-5-4-6-13(18)9-12)16-10-21-14-7-2-3-8-15(14)22-16/h2-9,11,16H,10H2,1H3,(H,19,20)/t11-,16-/m1/s1. The highest BCUT2D eigenvalue weighted by Gasteiger charge is 2.27. The van der Waals surface area contributed by atoms with Gasteiger partial charge in [-0.1, -0.05) is 34.1 Å². The van der Waals surface area contributed by atoms with Crippen LogP contribution in [0.5, 0.6) is 11.5 Å². The molecule has 0 unspecified atom stereocenters. The Morgan fingerprint density at radius 3 is 2.77 bits per heavy atom. The Morgan fingerprint density at radius 1 is 1.23 bits per heavy atom. The van der Waals surface area contributed by atoms with Crippen molar-refractivity contribution in [3.05, 3.63) is 58.6 Å². The van der Waals surface area contributed by atoms with Crippen molar-refractivity contribution in [2.24, 2.45) is 0 Å². The van der Waals surface area contributed by atoms with E-state index in [9.17, 15) is 4.79 Å². The Balaban J connectivity index is 1.65. The van der Waals surface area contributed by atoms with Gasteiger partial charge in [-0.25, -0.2) is 0 Å². The summed E-state index contributed by atoms with van der Waals surface area (Å²) in [6.07, 6.45) is -0.217. The zero-order chi connectivity index (χ0) is 15.5. The zero-order valence-corrected chi connectivity index (χ0v) is 13.7. The van der Waals surface area contributed by atoms with Gasteiger partial charge in [0.25, 0.3) is 5.91 Å². The van der Waals surface area contributed by atoms with Gasteiger partial charge >= 0.3 is 0 Å². The second kappa shape index (κ2) is 6.40. The Bertz CT molecular complexity index is 689. The minimum absolute atomic E-state index is 0.128. The fourth-order valence-electron chi connectivity index (χ4n) is 2.29. The van der Waals surface area contributed by atoms with Crippen molar-refractivity contribution in [1.29, 1.82) is 0 Å². The van der Waals surface area contributed by atoms with Crippen LogP contribution in [0.15, 0.2) is 53.0 Å². The lowest BCUT2D eigenvalue weighted by molar-refractivity contribution is 0.0606.